The molecule has 1 aromatic heterocycles. The maximum Gasteiger partial charge on any atom is 0.325 e. The molecule has 0 aliphatic carbocycles. The Hall–Kier alpha value is -2.73. The van der Waals surface area contributed by atoms with E-state index in [0.29, 0.717) is 4.80 Å². The van der Waals surface area contributed by atoms with Crippen LogP contribution in [0.3, 0.4) is 0 Å². The van der Waals surface area contributed by atoms with Crippen LogP contribution in [0.2, 0.25) is 0 Å². The summed E-state index contributed by atoms with van der Waals surface area (Å²) >= 11 is 1.43. The van der Waals surface area contributed by atoms with Crippen molar-refractivity contribution >= 4 is 33.4 Å². The number of hydrogen-bond acceptors (Lipinski definition) is 4. The van der Waals surface area contributed by atoms with E-state index in [1.54, 1.807) is 4.57 Å². The fourth-order valence-corrected chi connectivity index (χ4v) is 4.11. The molecule has 0 spiro atoms. The first-order valence-corrected chi connectivity index (χ1v) is 10.2. The number of thiazole rings is 1. The van der Waals surface area contributed by atoms with E-state index >= 15 is 0 Å². The average Bonchev–Trinajstić information content (AvgIpc) is 3.03. The fraction of sp³-hybridized carbons (Fsp3) is 0.318. The summed E-state index contributed by atoms with van der Waals surface area (Å²) in [5, 5.41) is 0. The standard InChI is InChI=1S/C22H24N2O3S/c1-3-4-8-17-11-12-18-19(13-17)28-22(24(18)15-21(26)27-2)23-20(25)14-16-9-6-5-7-10-16/h5-7,9-13H,3-4,8,14-15H2,1-2H3. The van der Waals surface area contributed by atoms with Crippen molar-refractivity contribution in [3.05, 3.63) is 64.5 Å². The van der Waals surface area contributed by atoms with Gasteiger partial charge in [0.05, 0.1) is 23.7 Å². The number of benzene rings is 2. The van der Waals surface area contributed by atoms with Gasteiger partial charge in [-0.3, -0.25) is 9.59 Å². The van der Waals surface area contributed by atoms with Crippen LogP contribution in [0.15, 0.2) is 53.5 Å². The van der Waals surface area contributed by atoms with Crippen LogP contribution in [0.1, 0.15) is 30.9 Å². The van der Waals surface area contributed by atoms with Crippen molar-refractivity contribution in [2.45, 2.75) is 39.2 Å². The van der Waals surface area contributed by atoms with E-state index in [4.69, 9.17) is 4.74 Å². The first-order chi connectivity index (χ1) is 13.6. The molecule has 0 bridgehead atoms. The molecule has 146 valence electrons. The Morgan fingerprint density at radius 1 is 1.11 bits per heavy atom. The number of aryl methyl sites for hydroxylation is 1. The Kier molecular flexibility index (Phi) is 6.76. The van der Waals surface area contributed by atoms with Gasteiger partial charge in [-0.25, -0.2) is 0 Å². The molecule has 0 radical (unpaired) electrons. The van der Waals surface area contributed by atoms with Gasteiger partial charge in [-0.05, 0) is 36.1 Å². The van der Waals surface area contributed by atoms with Crippen LogP contribution < -0.4 is 4.80 Å². The number of aromatic nitrogens is 1. The van der Waals surface area contributed by atoms with Crippen LogP contribution in [-0.2, 0) is 33.7 Å². The molecule has 0 N–H and O–H groups in total. The van der Waals surface area contributed by atoms with Crippen LogP contribution in [0.5, 0.6) is 0 Å². The molecular weight excluding hydrogens is 372 g/mol. The molecule has 0 atom stereocenters. The van der Waals surface area contributed by atoms with Crippen LogP contribution in [0.25, 0.3) is 10.2 Å². The third kappa shape index (κ3) is 4.95. The third-order valence-corrected chi connectivity index (χ3v) is 5.54. The minimum Gasteiger partial charge on any atom is -0.468 e. The Labute approximate surface area is 168 Å². The molecule has 0 aliphatic heterocycles. The predicted octanol–water partition coefficient (Wildman–Crippen LogP) is 3.89. The minimum atomic E-state index is -0.369. The molecule has 0 fully saturated rings. The lowest BCUT2D eigenvalue weighted by Gasteiger charge is -2.05. The van der Waals surface area contributed by atoms with Gasteiger partial charge in [0.25, 0.3) is 5.91 Å². The number of carbonyl (C=O) groups excluding carboxylic acids is 2. The molecule has 5 nitrogen and oxygen atoms in total. The van der Waals surface area contributed by atoms with Crippen LogP contribution in [0.4, 0.5) is 0 Å². The summed E-state index contributed by atoms with van der Waals surface area (Å²) in [5.41, 5.74) is 3.06. The van der Waals surface area contributed by atoms with Crippen molar-refractivity contribution in [2.24, 2.45) is 4.99 Å². The van der Waals surface area contributed by atoms with Crippen molar-refractivity contribution in [3.8, 4) is 0 Å². The molecule has 2 aromatic carbocycles. The summed E-state index contributed by atoms with van der Waals surface area (Å²) in [5.74, 6) is -0.603. The highest BCUT2D eigenvalue weighted by atomic mass is 32.1. The van der Waals surface area contributed by atoms with Gasteiger partial charge < -0.3 is 9.30 Å². The zero-order chi connectivity index (χ0) is 19.9. The molecule has 6 heteroatoms. The number of esters is 1. The summed E-state index contributed by atoms with van der Waals surface area (Å²) < 4.78 is 7.60. The molecule has 0 saturated heterocycles. The van der Waals surface area contributed by atoms with E-state index in [-0.39, 0.29) is 24.8 Å². The highest BCUT2D eigenvalue weighted by molar-refractivity contribution is 7.16. The van der Waals surface area contributed by atoms with Crippen molar-refractivity contribution in [1.29, 1.82) is 0 Å². The highest BCUT2D eigenvalue weighted by Crippen LogP contribution is 2.20. The van der Waals surface area contributed by atoms with Gasteiger partial charge in [0.1, 0.15) is 6.54 Å². The topological polar surface area (TPSA) is 60.7 Å². The maximum atomic E-state index is 12.5. The number of rotatable bonds is 7. The number of amides is 1. The monoisotopic (exact) mass is 396 g/mol. The van der Waals surface area contributed by atoms with Gasteiger partial charge in [-0.15, -0.1) is 0 Å². The third-order valence-electron chi connectivity index (χ3n) is 4.50. The highest BCUT2D eigenvalue weighted by Gasteiger charge is 2.12. The second kappa shape index (κ2) is 9.46. The SMILES string of the molecule is CCCCc1ccc2c(c1)sc(=NC(=O)Cc1ccccc1)n2CC(=O)OC. The normalized spacial score (nSPS) is 11.7. The summed E-state index contributed by atoms with van der Waals surface area (Å²) in [4.78, 5) is 29.2. The lowest BCUT2D eigenvalue weighted by molar-refractivity contribution is -0.141. The molecule has 1 amide bonds. The van der Waals surface area contributed by atoms with Crippen LogP contribution in [0, 0.1) is 0 Å². The van der Waals surface area contributed by atoms with Gasteiger partial charge in [0.15, 0.2) is 4.80 Å². The Morgan fingerprint density at radius 2 is 1.89 bits per heavy atom. The van der Waals surface area contributed by atoms with Crippen LogP contribution in [-0.4, -0.2) is 23.6 Å². The van der Waals surface area contributed by atoms with Gasteiger partial charge in [0.2, 0.25) is 0 Å². The largest absolute Gasteiger partial charge is 0.468 e. The lowest BCUT2D eigenvalue weighted by Crippen LogP contribution is -2.22. The molecule has 3 aromatic rings. The zero-order valence-electron chi connectivity index (χ0n) is 16.2. The van der Waals surface area contributed by atoms with Gasteiger partial charge >= 0.3 is 5.97 Å². The van der Waals surface area contributed by atoms with E-state index in [2.05, 4.69) is 24.0 Å². The smallest absolute Gasteiger partial charge is 0.325 e. The second-order valence-corrected chi connectivity index (χ2v) is 7.63. The van der Waals surface area contributed by atoms with E-state index in [9.17, 15) is 9.59 Å². The lowest BCUT2D eigenvalue weighted by atomic mass is 10.1. The molecule has 1 heterocycles. The van der Waals surface area contributed by atoms with E-state index in [1.807, 2.05) is 36.4 Å². The fourth-order valence-electron chi connectivity index (χ4n) is 3.00. The van der Waals surface area contributed by atoms with Crippen molar-refractivity contribution < 1.29 is 14.3 Å². The Balaban J connectivity index is 1.99. The number of nitrogens with zero attached hydrogens (tertiary/aromatic N) is 2. The van der Waals surface area contributed by atoms with E-state index in [0.717, 1.165) is 35.0 Å². The summed E-state index contributed by atoms with van der Waals surface area (Å²) in [6.07, 6.45) is 3.51. The Morgan fingerprint density at radius 3 is 2.61 bits per heavy atom. The van der Waals surface area contributed by atoms with E-state index in [1.165, 1.54) is 24.0 Å². The molecule has 0 aliphatic rings. The number of unbranched alkanes of at least 4 members (excludes halogenated alkanes) is 1. The van der Waals surface area contributed by atoms with Gasteiger partial charge in [0, 0.05) is 0 Å². The van der Waals surface area contributed by atoms with Gasteiger partial charge in [-0.2, -0.15) is 4.99 Å². The second-order valence-electron chi connectivity index (χ2n) is 6.62. The summed E-state index contributed by atoms with van der Waals surface area (Å²) in [6, 6.07) is 15.7. The predicted molar refractivity (Wildman–Crippen MR) is 111 cm³/mol. The van der Waals surface area contributed by atoms with Crippen molar-refractivity contribution in [2.75, 3.05) is 7.11 Å². The molecule has 0 saturated carbocycles. The summed E-state index contributed by atoms with van der Waals surface area (Å²) in [6.45, 7) is 2.20. The number of methoxy groups -OCH3 is 1. The minimum absolute atomic E-state index is 0.0300. The Bertz CT molecular complexity index is 1030. The number of fused-ring (bicyclic) bond motifs is 1. The molecule has 0 unspecified atom stereocenters. The summed E-state index contributed by atoms with van der Waals surface area (Å²) in [7, 11) is 1.36. The average molecular weight is 397 g/mol. The quantitative estimate of drug-likeness (QED) is 0.569. The first-order valence-electron chi connectivity index (χ1n) is 9.41. The molecule has 3 rings (SSSR count). The van der Waals surface area contributed by atoms with Crippen LogP contribution >= 0.6 is 11.3 Å². The number of hydrogen-bond donors (Lipinski definition) is 0. The maximum absolute atomic E-state index is 12.5. The zero-order valence-corrected chi connectivity index (χ0v) is 17.0. The van der Waals surface area contributed by atoms with E-state index < -0.39 is 0 Å². The number of carbonyl (C=O) groups is 2. The first kappa shape index (κ1) is 20.0. The van der Waals surface area contributed by atoms with Crippen molar-refractivity contribution in [1.82, 2.24) is 4.57 Å². The molecule has 28 heavy (non-hydrogen) atoms. The number of ether oxygens (including phenoxy) is 1. The molecular formula is C22H24N2O3S. The van der Waals surface area contributed by atoms with Crippen molar-refractivity contribution in [3.63, 3.8) is 0 Å². The van der Waals surface area contributed by atoms with Gasteiger partial charge in [-0.1, -0.05) is 61.1 Å².